The maximum absolute atomic E-state index is 13.6. The molecule has 1 heterocycles. The number of benzene rings is 2. The van der Waals surface area contributed by atoms with E-state index in [2.05, 4.69) is 10.3 Å². The van der Waals surface area contributed by atoms with Crippen LogP contribution in [0.5, 0.6) is 17.2 Å². The van der Waals surface area contributed by atoms with Crippen molar-refractivity contribution in [3.63, 3.8) is 0 Å². The Bertz CT molecular complexity index is 1010. The summed E-state index contributed by atoms with van der Waals surface area (Å²) in [5, 5.41) is 12.3. The molecule has 162 valence electrons. The zero-order chi connectivity index (χ0) is 22.2. The lowest BCUT2D eigenvalue weighted by molar-refractivity contribution is 0.103. The van der Waals surface area contributed by atoms with Crippen LogP contribution >= 0.6 is 0 Å². The van der Waals surface area contributed by atoms with Crippen molar-refractivity contribution in [2.24, 2.45) is 0 Å². The number of nitrogens with zero attached hydrogens (tertiary/aromatic N) is 1. The number of hydrogen-bond donors (Lipinski definition) is 2. The quantitative estimate of drug-likeness (QED) is 0.379. The molecule has 0 fully saturated rings. The van der Waals surface area contributed by atoms with Gasteiger partial charge in [0.15, 0.2) is 17.3 Å². The van der Waals surface area contributed by atoms with Crippen molar-refractivity contribution >= 4 is 11.5 Å². The molecule has 0 spiro atoms. The molecule has 0 saturated heterocycles. The first-order chi connectivity index (χ1) is 15.1. The van der Waals surface area contributed by atoms with Crippen LogP contribution in [0.15, 0.2) is 54.7 Å². The molecular weight excluding hydrogens is 396 g/mol. The van der Waals surface area contributed by atoms with Crippen LogP contribution in [0, 0.1) is 0 Å². The number of rotatable bonds is 10. The second-order valence-corrected chi connectivity index (χ2v) is 6.72. The number of aliphatic hydroxyl groups is 1. The van der Waals surface area contributed by atoms with Crippen LogP contribution in [-0.2, 0) is 0 Å². The minimum Gasteiger partial charge on any atom is -0.493 e. The molecule has 1 aromatic heterocycles. The number of carbonyl (C=O) groups excluding carboxylic acids is 1. The van der Waals surface area contributed by atoms with E-state index in [1.165, 1.54) is 21.3 Å². The summed E-state index contributed by atoms with van der Waals surface area (Å²) in [6.45, 7) is 0.601. The fourth-order valence-corrected chi connectivity index (χ4v) is 3.25. The summed E-state index contributed by atoms with van der Waals surface area (Å²) >= 11 is 0. The van der Waals surface area contributed by atoms with E-state index in [1.54, 1.807) is 18.3 Å². The minimum absolute atomic E-state index is 0.0647. The van der Waals surface area contributed by atoms with Crippen LogP contribution in [0.2, 0.25) is 0 Å². The number of pyridine rings is 1. The highest BCUT2D eigenvalue weighted by molar-refractivity contribution is 6.13. The Morgan fingerprint density at radius 1 is 1.00 bits per heavy atom. The fraction of sp³-hybridized carbons (Fsp3) is 0.250. The van der Waals surface area contributed by atoms with E-state index < -0.39 is 0 Å². The molecule has 0 saturated carbocycles. The second-order valence-electron chi connectivity index (χ2n) is 6.72. The number of ether oxygens (including phenoxy) is 3. The largest absolute Gasteiger partial charge is 0.493 e. The molecule has 0 unspecified atom stereocenters. The number of anilines is 1. The Kier molecular flexibility index (Phi) is 7.45. The smallest absolute Gasteiger partial charge is 0.203 e. The summed E-state index contributed by atoms with van der Waals surface area (Å²) in [5.74, 6) is 1.02. The predicted molar refractivity (Wildman–Crippen MR) is 119 cm³/mol. The molecular formula is C24H26N2O5. The molecule has 0 aliphatic rings. The molecule has 7 nitrogen and oxygen atoms in total. The third-order valence-corrected chi connectivity index (χ3v) is 4.80. The molecule has 0 bridgehead atoms. The Balaban J connectivity index is 2.09. The van der Waals surface area contributed by atoms with Crippen LogP contribution in [0.3, 0.4) is 0 Å². The van der Waals surface area contributed by atoms with E-state index in [1.807, 2.05) is 36.4 Å². The highest BCUT2D eigenvalue weighted by Gasteiger charge is 2.21. The van der Waals surface area contributed by atoms with Crippen molar-refractivity contribution in [1.82, 2.24) is 4.98 Å². The number of aromatic nitrogens is 1. The van der Waals surface area contributed by atoms with Gasteiger partial charge in [0.1, 0.15) is 0 Å². The molecule has 31 heavy (non-hydrogen) atoms. The average molecular weight is 422 g/mol. The van der Waals surface area contributed by atoms with Gasteiger partial charge in [-0.3, -0.25) is 9.78 Å². The maximum atomic E-state index is 13.6. The summed E-state index contributed by atoms with van der Waals surface area (Å²) in [4.78, 5) is 17.9. The second kappa shape index (κ2) is 10.4. The average Bonchev–Trinajstić information content (AvgIpc) is 2.83. The van der Waals surface area contributed by atoms with Gasteiger partial charge in [0.2, 0.25) is 5.75 Å². The lowest BCUT2D eigenvalue weighted by atomic mass is 9.97. The SMILES string of the molecule is COc1cc(C(=O)c2cc(-c3ccccn3)ccc2NCCCO)cc(OC)c1OC. The topological polar surface area (TPSA) is 89.9 Å². The standard InChI is InChI=1S/C24H26N2O5/c1-29-21-14-17(15-22(30-2)24(21)31-3)23(28)18-13-16(19-7-4-5-10-25-19)8-9-20(18)26-11-6-12-27/h4-5,7-10,13-15,26-27H,6,11-12H2,1-3H3. The molecule has 2 aromatic carbocycles. The van der Waals surface area contributed by atoms with Crippen LogP contribution < -0.4 is 19.5 Å². The molecule has 0 amide bonds. The third-order valence-electron chi connectivity index (χ3n) is 4.80. The summed E-state index contributed by atoms with van der Waals surface area (Å²) in [6.07, 6.45) is 2.28. The van der Waals surface area contributed by atoms with Gasteiger partial charge in [-0.1, -0.05) is 12.1 Å². The summed E-state index contributed by atoms with van der Waals surface area (Å²) in [7, 11) is 4.53. The molecule has 0 aliphatic heterocycles. The maximum Gasteiger partial charge on any atom is 0.203 e. The predicted octanol–water partition coefficient (Wildman–Crippen LogP) is 3.80. The van der Waals surface area contributed by atoms with E-state index in [-0.39, 0.29) is 12.4 Å². The molecule has 0 aliphatic carbocycles. The van der Waals surface area contributed by atoms with E-state index >= 15 is 0 Å². The van der Waals surface area contributed by atoms with Gasteiger partial charge in [-0.2, -0.15) is 0 Å². The van der Waals surface area contributed by atoms with Crippen LogP contribution in [0.1, 0.15) is 22.3 Å². The van der Waals surface area contributed by atoms with E-state index in [0.29, 0.717) is 47.0 Å². The fourth-order valence-electron chi connectivity index (χ4n) is 3.25. The zero-order valence-electron chi connectivity index (χ0n) is 17.8. The Hall–Kier alpha value is -3.58. The monoisotopic (exact) mass is 422 g/mol. The van der Waals surface area contributed by atoms with Crippen LogP contribution in [0.25, 0.3) is 11.3 Å². The van der Waals surface area contributed by atoms with Gasteiger partial charge in [0.25, 0.3) is 0 Å². The van der Waals surface area contributed by atoms with E-state index in [9.17, 15) is 4.79 Å². The van der Waals surface area contributed by atoms with Crippen LogP contribution in [0.4, 0.5) is 5.69 Å². The number of aliphatic hydroxyl groups excluding tert-OH is 1. The molecule has 0 radical (unpaired) electrons. The number of ketones is 1. The molecule has 2 N–H and O–H groups in total. The van der Waals surface area contributed by atoms with Crippen molar-refractivity contribution < 1.29 is 24.1 Å². The first kappa shape index (κ1) is 22.1. The van der Waals surface area contributed by atoms with Gasteiger partial charge in [-0.05, 0) is 42.8 Å². The summed E-state index contributed by atoms with van der Waals surface area (Å²) in [6, 6.07) is 14.5. The van der Waals surface area contributed by atoms with Gasteiger partial charge in [-0.25, -0.2) is 0 Å². The molecule has 0 atom stereocenters. The highest BCUT2D eigenvalue weighted by atomic mass is 16.5. The molecule has 3 aromatic rings. The van der Waals surface area contributed by atoms with Gasteiger partial charge >= 0.3 is 0 Å². The number of nitrogens with one attached hydrogen (secondary N) is 1. The van der Waals surface area contributed by atoms with Crippen molar-refractivity contribution in [3.8, 4) is 28.5 Å². The lowest BCUT2D eigenvalue weighted by Crippen LogP contribution is -2.11. The van der Waals surface area contributed by atoms with Crippen molar-refractivity contribution in [3.05, 3.63) is 65.9 Å². The molecule has 7 heteroatoms. The first-order valence-corrected chi connectivity index (χ1v) is 9.87. The number of methoxy groups -OCH3 is 3. The van der Waals surface area contributed by atoms with Crippen molar-refractivity contribution in [2.45, 2.75) is 6.42 Å². The zero-order valence-corrected chi connectivity index (χ0v) is 17.8. The highest BCUT2D eigenvalue weighted by Crippen LogP contribution is 2.39. The Labute approximate surface area is 181 Å². The Morgan fingerprint density at radius 3 is 2.32 bits per heavy atom. The van der Waals surface area contributed by atoms with Gasteiger partial charge < -0.3 is 24.6 Å². The van der Waals surface area contributed by atoms with Crippen molar-refractivity contribution in [1.29, 1.82) is 0 Å². The van der Waals surface area contributed by atoms with Crippen molar-refractivity contribution in [2.75, 3.05) is 39.8 Å². The van der Waals surface area contributed by atoms with Gasteiger partial charge in [0, 0.05) is 41.7 Å². The van der Waals surface area contributed by atoms with E-state index in [0.717, 1.165) is 11.3 Å². The van der Waals surface area contributed by atoms with E-state index in [4.69, 9.17) is 19.3 Å². The summed E-state index contributed by atoms with van der Waals surface area (Å²) < 4.78 is 16.2. The number of hydrogen-bond acceptors (Lipinski definition) is 7. The third kappa shape index (κ3) is 4.95. The van der Waals surface area contributed by atoms with Gasteiger partial charge in [-0.15, -0.1) is 0 Å². The first-order valence-electron chi connectivity index (χ1n) is 9.87. The summed E-state index contributed by atoms with van der Waals surface area (Å²) in [5.41, 5.74) is 3.15. The lowest BCUT2D eigenvalue weighted by Gasteiger charge is -2.16. The number of carbonyl (C=O) groups is 1. The molecule has 3 rings (SSSR count). The minimum atomic E-state index is -0.205. The van der Waals surface area contributed by atoms with Crippen LogP contribution in [-0.4, -0.2) is 50.4 Å². The Morgan fingerprint density at radius 2 is 1.74 bits per heavy atom. The normalized spacial score (nSPS) is 10.5. The van der Waals surface area contributed by atoms with Gasteiger partial charge in [0.05, 0.1) is 27.0 Å².